The lowest BCUT2D eigenvalue weighted by Gasteiger charge is -2.27. The molecule has 3 aromatic rings. The first-order chi connectivity index (χ1) is 18.7. The number of halogens is 2. The maximum Gasteiger partial charge on any atom is 0.250 e. The number of pyridine rings is 2. The second kappa shape index (κ2) is 15.0. The quantitative estimate of drug-likeness (QED) is 0.260. The van der Waals surface area contributed by atoms with Crippen molar-refractivity contribution >= 4 is 48.0 Å². The summed E-state index contributed by atoms with van der Waals surface area (Å²) in [6.45, 7) is 8.33. The van der Waals surface area contributed by atoms with Crippen LogP contribution in [0, 0.1) is 5.41 Å². The Labute approximate surface area is 253 Å². The second-order valence-electron chi connectivity index (χ2n) is 10.2. The largest absolute Gasteiger partial charge is 0.493 e. The van der Waals surface area contributed by atoms with Crippen molar-refractivity contribution in [2.45, 2.75) is 46.7 Å². The number of nitrogens with zero attached hydrogens (tertiary/aromatic N) is 4. The lowest BCUT2D eigenvalue weighted by atomic mass is 9.90. The Bertz CT molecular complexity index is 1400. The molecule has 0 spiro atoms. The van der Waals surface area contributed by atoms with E-state index in [1.165, 1.54) is 0 Å². The summed E-state index contributed by atoms with van der Waals surface area (Å²) >= 11 is 0. The van der Waals surface area contributed by atoms with Crippen LogP contribution in [0.5, 0.6) is 5.75 Å². The number of aryl methyl sites for hydroxylation is 2. The first-order valence-corrected chi connectivity index (χ1v) is 13.4. The number of anilines is 2. The van der Waals surface area contributed by atoms with Crippen molar-refractivity contribution in [3.05, 3.63) is 82.5 Å². The molecule has 0 unspecified atom stereocenters. The van der Waals surface area contributed by atoms with Gasteiger partial charge in [-0.1, -0.05) is 6.07 Å². The normalized spacial score (nSPS) is 14.0. The number of ether oxygens (including phenoxy) is 1. The van der Waals surface area contributed by atoms with Gasteiger partial charge in [-0.05, 0) is 69.6 Å². The van der Waals surface area contributed by atoms with Gasteiger partial charge in [0.2, 0.25) is 11.8 Å². The summed E-state index contributed by atoms with van der Waals surface area (Å²) in [5.41, 5.74) is 2.33. The summed E-state index contributed by atoms with van der Waals surface area (Å²) < 4.78 is 7.67. The molecule has 222 valence electrons. The second-order valence-corrected chi connectivity index (χ2v) is 10.2. The summed E-state index contributed by atoms with van der Waals surface area (Å²) in [4.78, 5) is 45.6. The fourth-order valence-electron chi connectivity index (χ4n) is 4.75. The maximum atomic E-state index is 13.0. The van der Waals surface area contributed by atoms with E-state index in [4.69, 9.17) is 4.74 Å². The molecular formula is C30H39Cl2N5O4. The Morgan fingerprint density at radius 2 is 1.76 bits per heavy atom. The molecule has 0 fully saturated rings. The van der Waals surface area contributed by atoms with Crippen LogP contribution < -0.4 is 25.4 Å². The van der Waals surface area contributed by atoms with Gasteiger partial charge < -0.3 is 24.4 Å². The number of rotatable bonds is 11. The average molecular weight is 605 g/mol. The molecule has 1 aliphatic rings. The van der Waals surface area contributed by atoms with Crippen molar-refractivity contribution in [3.8, 4) is 5.75 Å². The van der Waals surface area contributed by atoms with Crippen LogP contribution in [0.1, 0.15) is 38.4 Å². The minimum absolute atomic E-state index is 0. The summed E-state index contributed by atoms with van der Waals surface area (Å²) in [6, 6.07) is 14.7. The zero-order valence-electron chi connectivity index (χ0n) is 24.0. The minimum atomic E-state index is -1.13. The van der Waals surface area contributed by atoms with Gasteiger partial charge in [-0.2, -0.15) is 0 Å². The Morgan fingerprint density at radius 1 is 0.976 bits per heavy atom. The highest BCUT2D eigenvalue weighted by Crippen LogP contribution is 2.40. The molecule has 0 radical (unpaired) electrons. The molecule has 9 nitrogen and oxygen atoms in total. The highest BCUT2D eigenvalue weighted by atomic mass is 35.5. The molecule has 0 atom stereocenters. The molecular weight excluding hydrogens is 565 g/mol. The first kappa shape index (κ1) is 33.8. The number of amides is 2. The Morgan fingerprint density at radius 3 is 2.49 bits per heavy atom. The molecule has 1 N–H and O–H groups in total. The van der Waals surface area contributed by atoms with E-state index in [0.717, 1.165) is 24.2 Å². The van der Waals surface area contributed by atoms with Gasteiger partial charge in [0.15, 0.2) is 0 Å². The average Bonchev–Trinajstić information content (AvgIpc) is 2.99. The highest BCUT2D eigenvalue weighted by Gasteiger charge is 2.45. The monoisotopic (exact) mass is 603 g/mol. The predicted molar refractivity (Wildman–Crippen MR) is 167 cm³/mol. The van der Waals surface area contributed by atoms with E-state index in [0.29, 0.717) is 49.8 Å². The fraction of sp³-hybridized carbons (Fsp3) is 0.400. The molecule has 4 rings (SSSR count). The van der Waals surface area contributed by atoms with E-state index in [1.54, 1.807) is 59.8 Å². The molecule has 41 heavy (non-hydrogen) atoms. The van der Waals surface area contributed by atoms with Crippen LogP contribution in [0.3, 0.4) is 0 Å². The molecule has 0 aliphatic carbocycles. The number of carbonyl (C=O) groups is 2. The van der Waals surface area contributed by atoms with Crippen LogP contribution in [-0.4, -0.2) is 48.1 Å². The maximum absolute atomic E-state index is 13.0. The van der Waals surface area contributed by atoms with Crippen molar-refractivity contribution in [2.24, 2.45) is 5.41 Å². The van der Waals surface area contributed by atoms with E-state index in [2.05, 4.69) is 16.4 Å². The first-order valence-electron chi connectivity index (χ1n) is 13.4. The minimum Gasteiger partial charge on any atom is -0.493 e. The van der Waals surface area contributed by atoms with Gasteiger partial charge in [-0.25, -0.2) is 0 Å². The third-order valence-electron chi connectivity index (χ3n) is 7.02. The van der Waals surface area contributed by atoms with Crippen molar-refractivity contribution in [1.82, 2.24) is 14.9 Å². The van der Waals surface area contributed by atoms with Crippen LogP contribution in [0.25, 0.3) is 0 Å². The Hall–Kier alpha value is -3.40. The SMILES string of the molecule is CCN1C(=O)C(C)(C)C(=O)N(C)c2cc(OCCCNCc3ccnc(CCn4ccccc4=O)c3)ccc21.Cl.Cl. The molecule has 3 heterocycles. The molecule has 2 amide bonds. The van der Waals surface area contributed by atoms with Gasteiger partial charge in [-0.15, -0.1) is 24.8 Å². The van der Waals surface area contributed by atoms with Crippen LogP contribution in [0.4, 0.5) is 11.4 Å². The standard InChI is InChI=1S/C30H37N5O4.2ClH/c1-5-35-25-11-10-24(20-26(25)33(4)28(37)30(2,3)29(35)38)39-18-8-14-31-21-22-12-15-32-23(19-22)13-17-34-16-7-6-9-27(34)36;;/h6-7,9-12,15-16,19-20,31H,5,8,13-14,17-18,21H2,1-4H3;2*1H. The summed E-state index contributed by atoms with van der Waals surface area (Å²) in [6.07, 6.45) is 5.08. The fourth-order valence-corrected chi connectivity index (χ4v) is 4.75. The smallest absolute Gasteiger partial charge is 0.250 e. The molecule has 2 aromatic heterocycles. The van der Waals surface area contributed by atoms with Gasteiger partial charge in [0.25, 0.3) is 5.56 Å². The summed E-state index contributed by atoms with van der Waals surface area (Å²) in [5.74, 6) is 0.223. The van der Waals surface area contributed by atoms with E-state index in [9.17, 15) is 14.4 Å². The summed E-state index contributed by atoms with van der Waals surface area (Å²) in [5, 5.41) is 3.44. The predicted octanol–water partition coefficient (Wildman–Crippen LogP) is 4.24. The van der Waals surface area contributed by atoms with Crippen molar-refractivity contribution in [2.75, 3.05) is 36.5 Å². The molecule has 0 bridgehead atoms. The molecule has 11 heteroatoms. The van der Waals surface area contributed by atoms with Gasteiger partial charge in [0.1, 0.15) is 11.2 Å². The number of hydrogen-bond donors (Lipinski definition) is 1. The number of benzene rings is 1. The van der Waals surface area contributed by atoms with Crippen molar-refractivity contribution in [1.29, 1.82) is 0 Å². The number of fused-ring (bicyclic) bond motifs is 1. The van der Waals surface area contributed by atoms with Crippen molar-refractivity contribution in [3.63, 3.8) is 0 Å². The van der Waals surface area contributed by atoms with E-state index in [-0.39, 0.29) is 42.2 Å². The van der Waals surface area contributed by atoms with E-state index in [1.807, 2.05) is 37.3 Å². The molecule has 0 saturated heterocycles. The third-order valence-corrected chi connectivity index (χ3v) is 7.02. The number of nitrogens with one attached hydrogen (secondary N) is 1. The van der Waals surface area contributed by atoms with E-state index < -0.39 is 5.41 Å². The van der Waals surface area contributed by atoms with Gasteiger partial charge in [0.05, 0.1) is 18.0 Å². The summed E-state index contributed by atoms with van der Waals surface area (Å²) in [7, 11) is 1.70. The van der Waals surface area contributed by atoms with Crippen molar-refractivity contribution < 1.29 is 14.3 Å². The molecule has 0 saturated carbocycles. The zero-order chi connectivity index (χ0) is 28.0. The number of carbonyl (C=O) groups excluding carboxylic acids is 2. The number of aromatic nitrogens is 2. The third kappa shape index (κ3) is 7.87. The Kier molecular flexibility index (Phi) is 12.4. The van der Waals surface area contributed by atoms with Crippen LogP contribution >= 0.6 is 24.8 Å². The number of hydrogen-bond acceptors (Lipinski definition) is 6. The van der Waals surface area contributed by atoms with Gasteiger partial charge >= 0.3 is 0 Å². The van der Waals surface area contributed by atoms with Crippen LogP contribution in [0.2, 0.25) is 0 Å². The van der Waals surface area contributed by atoms with E-state index >= 15 is 0 Å². The van der Waals surface area contributed by atoms with Crippen LogP contribution in [-0.2, 0) is 29.1 Å². The molecule has 1 aliphatic heterocycles. The van der Waals surface area contributed by atoms with Gasteiger partial charge in [-0.3, -0.25) is 19.4 Å². The highest BCUT2D eigenvalue weighted by molar-refractivity contribution is 6.20. The lowest BCUT2D eigenvalue weighted by molar-refractivity contribution is -0.137. The zero-order valence-corrected chi connectivity index (χ0v) is 25.6. The molecule has 1 aromatic carbocycles. The Balaban J connectivity index is 0.00000294. The lowest BCUT2D eigenvalue weighted by Crippen LogP contribution is -2.47. The topological polar surface area (TPSA) is 96.8 Å². The van der Waals surface area contributed by atoms with Gasteiger partial charge in [0, 0.05) is 63.3 Å². The van der Waals surface area contributed by atoms with Crippen LogP contribution in [0.15, 0.2) is 65.7 Å².